The van der Waals surface area contributed by atoms with Crippen molar-refractivity contribution >= 4 is 21.9 Å². The van der Waals surface area contributed by atoms with Gasteiger partial charge in [-0.25, -0.2) is 4.57 Å². The van der Waals surface area contributed by atoms with Crippen LogP contribution in [0.4, 0.5) is 0 Å². The smallest absolute Gasteiger partial charge is 0.216 e. The number of furan rings is 1. The standard InChI is InChI=1S/C29H28NO/c1-19(2)16-21-8-7-9-22(17-21)23-14-15-30(4)26(18-23)28-20(3)12-13-25-24-10-5-6-11-27(24)31-29(25)28/h5-15,17-19H,16H2,1-4H3/q+1. The molecular formula is C29H28NO+. The van der Waals surface area contributed by atoms with Gasteiger partial charge >= 0.3 is 0 Å². The molecular weight excluding hydrogens is 378 g/mol. The summed E-state index contributed by atoms with van der Waals surface area (Å²) in [6.07, 6.45) is 3.25. The number of hydrogen-bond donors (Lipinski definition) is 0. The van der Waals surface area contributed by atoms with Gasteiger partial charge in [-0.15, -0.1) is 0 Å². The Labute approximate surface area is 183 Å². The fraction of sp³-hybridized carbons (Fsp3) is 0.207. The number of rotatable bonds is 4. The molecule has 5 rings (SSSR count). The lowest BCUT2D eigenvalue weighted by molar-refractivity contribution is -0.660. The van der Waals surface area contributed by atoms with Gasteiger partial charge < -0.3 is 4.42 Å². The summed E-state index contributed by atoms with van der Waals surface area (Å²) < 4.78 is 8.56. The summed E-state index contributed by atoms with van der Waals surface area (Å²) in [5.74, 6) is 0.646. The van der Waals surface area contributed by atoms with Crippen molar-refractivity contribution in [3.8, 4) is 22.4 Å². The van der Waals surface area contributed by atoms with Gasteiger partial charge in [0.25, 0.3) is 0 Å². The Morgan fingerprint density at radius 3 is 2.48 bits per heavy atom. The predicted molar refractivity (Wildman–Crippen MR) is 129 cm³/mol. The van der Waals surface area contributed by atoms with Gasteiger partial charge in [0.2, 0.25) is 5.69 Å². The van der Waals surface area contributed by atoms with E-state index < -0.39 is 0 Å². The van der Waals surface area contributed by atoms with E-state index in [2.05, 4.69) is 99.2 Å². The average molecular weight is 407 g/mol. The van der Waals surface area contributed by atoms with Gasteiger partial charge in [0, 0.05) is 22.9 Å². The predicted octanol–water partition coefficient (Wildman–Crippen LogP) is 7.25. The molecule has 2 aromatic heterocycles. The van der Waals surface area contributed by atoms with Crippen molar-refractivity contribution < 1.29 is 8.98 Å². The molecule has 2 heterocycles. The average Bonchev–Trinajstić information content (AvgIpc) is 3.13. The minimum Gasteiger partial charge on any atom is -0.455 e. The van der Waals surface area contributed by atoms with Crippen LogP contribution in [0.3, 0.4) is 0 Å². The van der Waals surface area contributed by atoms with Crippen molar-refractivity contribution in [2.75, 3.05) is 0 Å². The number of pyridine rings is 1. The molecule has 0 unspecified atom stereocenters. The number of aromatic nitrogens is 1. The topological polar surface area (TPSA) is 17.0 Å². The van der Waals surface area contributed by atoms with E-state index in [9.17, 15) is 0 Å². The fourth-order valence-electron chi connectivity index (χ4n) is 4.55. The molecule has 154 valence electrons. The third kappa shape index (κ3) is 3.53. The zero-order chi connectivity index (χ0) is 21.5. The number of benzene rings is 3. The first-order valence-electron chi connectivity index (χ1n) is 11.0. The molecule has 5 aromatic rings. The number of fused-ring (bicyclic) bond motifs is 3. The minimum absolute atomic E-state index is 0.646. The maximum atomic E-state index is 6.37. The van der Waals surface area contributed by atoms with Crippen molar-refractivity contribution in [3.63, 3.8) is 0 Å². The summed E-state index contributed by atoms with van der Waals surface area (Å²) in [6, 6.07) is 26.1. The summed E-state index contributed by atoms with van der Waals surface area (Å²) in [6.45, 7) is 6.70. The van der Waals surface area contributed by atoms with Crippen LogP contribution in [-0.2, 0) is 13.5 Å². The second kappa shape index (κ2) is 7.70. The molecule has 0 radical (unpaired) electrons. The first-order valence-corrected chi connectivity index (χ1v) is 11.0. The Balaban J connectivity index is 1.70. The van der Waals surface area contributed by atoms with Crippen LogP contribution in [0.1, 0.15) is 25.0 Å². The molecule has 0 N–H and O–H groups in total. The molecule has 0 aliphatic heterocycles. The van der Waals surface area contributed by atoms with E-state index in [1.54, 1.807) is 0 Å². The summed E-state index contributed by atoms with van der Waals surface area (Å²) in [7, 11) is 2.11. The zero-order valence-electron chi connectivity index (χ0n) is 18.6. The van der Waals surface area contributed by atoms with Crippen LogP contribution < -0.4 is 4.57 Å². The highest BCUT2D eigenvalue weighted by atomic mass is 16.3. The summed E-state index contributed by atoms with van der Waals surface area (Å²) in [5, 5.41) is 2.33. The molecule has 0 atom stereocenters. The monoisotopic (exact) mass is 406 g/mol. The molecule has 0 bridgehead atoms. The van der Waals surface area contributed by atoms with Crippen LogP contribution in [0, 0.1) is 12.8 Å². The van der Waals surface area contributed by atoms with E-state index in [0.29, 0.717) is 5.92 Å². The van der Waals surface area contributed by atoms with E-state index in [1.807, 2.05) is 12.1 Å². The minimum atomic E-state index is 0.646. The van der Waals surface area contributed by atoms with Crippen molar-refractivity contribution in [2.45, 2.75) is 27.2 Å². The van der Waals surface area contributed by atoms with Gasteiger partial charge in [-0.1, -0.05) is 68.4 Å². The van der Waals surface area contributed by atoms with Crippen molar-refractivity contribution in [3.05, 3.63) is 90.1 Å². The molecule has 0 aliphatic carbocycles. The molecule has 0 saturated carbocycles. The maximum Gasteiger partial charge on any atom is 0.216 e. The largest absolute Gasteiger partial charge is 0.455 e. The Hall–Kier alpha value is -3.39. The molecule has 0 spiro atoms. The molecule has 2 nitrogen and oxygen atoms in total. The van der Waals surface area contributed by atoms with Crippen LogP contribution in [0.2, 0.25) is 0 Å². The number of aryl methyl sites for hydroxylation is 2. The van der Waals surface area contributed by atoms with Crippen LogP contribution >= 0.6 is 0 Å². The third-order valence-corrected chi connectivity index (χ3v) is 6.07. The van der Waals surface area contributed by atoms with E-state index >= 15 is 0 Å². The van der Waals surface area contributed by atoms with Gasteiger partial charge in [-0.3, -0.25) is 0 Å². The van der Waals surface area contributed by atoms with E-state index in [4.69, 9.17) is 4.42 Å². The quantitative estimate of drug-likeness (QED) is 0.287. The van der Waals surface area contributed by atoms with Gasteiger partial charge in [0.05, 0.1) is 5.56 Å². The van der Waals surface area contributed by atoms with Crippen LogP contribution in [0.25, 0.3) is 44.3 Å². The van der Waals surface area contributed by atoms with Gasteiger partial charge in [0.15, 0.2) is 6.20 Å². The maximum absolute atomic E-state index is 6.37. The van der Waals surface area contributed by atoms with Gasteiger partial charge in [-0.2, -0.15) is 0 Å². The second-order valence-corrected chi connectivity index (χ2v) is 8.94. The van der Waals surface area contributed by atoms with E-state index in [-0.39, 0.29) is 0 Å². The highest BCUT2D eigenvalue weighted by Crippen LogP contribution is 2.37. The molecule has 0 fully saturated rings. The van der Waals surface area contributed by atoms with Crippen LogP contribution in [-0.4, -0.2) is 0 Å². The summed E-state index contributed by atoms with van der Waals surface area (Å²) >= 11 is 0. The fourth-order valence-corrected chi connectivity index (χ4v) is 4.55. The Morgan fingerprint density at radius 1 is 0.839 bits per heavy atom. The van der Waals surface area contributed by atoms with Gasteiger partial charge in [-0.05, 0) is 47.6 Å². The third-order valence-electron chi connectivity index (χ3n) is 6.07. The lowest BCUT2D eigenvalue weighted by Gasteiger charge is -2.10. The molecule has 0 amide bonds. The second-order valence-electron chi connectivity index (χ2n) is 8.94. The highest BCUT2D eigenvalue weighted by molar-refractivity contribution is 6.09. The molecule has 3 aromatic carbocycles. The van der Waals surface area contributed by atoms with E-state index in [1.165, 1.54) is 33.0 Å². The number of hydrogen-bond acceptors (Lipinski definition) is 1. The van der Waals surface area contributed by atoms with Gasteiger partial charge in [0.1, 0.15) is 18.2 Å². The zero-order valence-corrected chi connectivity index (χ0v) is 18.6. The summed E-state index contributed by atoms with van der Waals surface area (Å²) in [5.41, 5.74) is 9.31. The first-order chi connectivity index (χ1) is 15.0. The Bertz CT molecular complexity index is 1410. The highest BCUT2D eigenvalue weighted by Gasteiger charge is 2.21. The number of para-hydroxylation sites is 1. The molecule has 2 heteroatoms. The van der Waals surface area contributed by atoms with Crippen molar-refractivity contribution in [2.24, 2.45) is 13.0 Å². The van der Waals surface area contributed by atoms with E-state index in [0.717, 1.165) is 28.8 Å². The lowest BCUT2D eigenvalue weighted by atomic mass is 9.96. The Kier molecular flexibility index (Phi) is 4.86. The lowest BCUT2D eigenvalue weighted by Crippen LogP contribution is -2.30. The molecule has 31 heavy (non-hydrogen) atoms. The number of nitrogens with zero attached hydrogens (tertiary/aromatic N) is 1. The van der Waals surface area contributed by atoms with Crippen LogP contribution in [0.15, 0.2) is 83.4 Å². The first kappa shape index (κ1) is 19.6. The molecule has 0 saturated heterocycles. The Morgan fingerprint density at radius 2 is 1.65 bits per heavy atom. The van der Waals surface area contributed by atoms with Crippen molar-refractivity contribution in [1.29, 1.82) is 0 Å². The van der Waals surface area contributed by atoms with Crippen molar-refractivity contribution in [1.82, 2.24) is 0 Å². The van der Waals surface area contributed by atoms with Crippen LogP contribution in [0.5, 0.6) is 0 Å². The normalized spacial score (nSPS) is 11.6. The molecule has 0 aliphatic rings. The summed E-state index contributed by atoms with van der Waals surface area (Å²) in [4.78, 5) is 0. The SMILES string of the molecule is Cc1ccc2c(oc3ccccc32)c1-c1cc(-c2cccc(CC(C)C)c2)cc[n+]1C.